The van der Waals surface area contributed by atoms with Crippen LogP contribution in [0.2, 0.25) is 0 Å². The number of nitro groups is 1. The number of ether oxygens (including phenoxy) is 1. The van der Waals surface area contributed by atoms with E-state index >= 15 is 0 Å². The van der Waals surface area contributed by atoms with Gasteiger partial charge in [-0.15, -0.1) is 0 Å². The highest BCUT2D eigenvalue weighted by molar-refractivity contribution is 5.94. The molecule has 12 nitrogen and oxygen atoms in total. The van der Waals surface area contributed by atoms with Gasteiger partial charge in [0.15, 0.2) is 0 Å². The zero-order valence-electron chi connectivity index (χ0n) is 23.6. The molecule has 230 valence electrons. The molecule has 0 aliphatic carbocycles. The molecule has 3 aromatic carbocycles. The van der Waals surface area contributed by atoms with E-state index < -0.39 is 28.4 Å². The monoisotopic (exact) mass is 610 g/mol. The number of aromatic amines is 1. The topological polar surface area (TPSA) is 166 Å². The Hall–Kier alpha value is -5.18. The Morgan fingerprint density at radius 1 is 1.11 bits per heavy atom. The van der Waals surface area contributed by atoms with Gasteiger partial charge in [0.05, 0.1) is 21.5 Å². The molecule has 1 amide bonds. The second-order valence-electron chi connectivity index (χ2n) is 10.3. The lowest BCUT2D eigenvalue weighted by Gasteiger charge is -2.35. The van der Waals surface area contributed by atoms with Gasteiger partial charge in [-0.05, 0) is 49.6 Å². The molecule has 44 heavy (non-hydrogen) atoms. The van der Waals surface area contributed by atoms with Crippen LogP contribution in [0.1, 0.15) is 28.1 Å². The number of rotatable bonds is 8. The molecule has 0 spiro atoms. The third kappa shape index (κ3) is 6.72. The highest BCUT2D eigenvalue weighted by Gasteiger charge is 2.34. The van der Waals surface area contributed by atoms with Crippen LogP contribution >= 0.6 is 0 Å². The van der Waals surface area contributed by atoms with Crippen LogP contribution in [-0.2, 0) is 19.0 Å². The average molecular weight is 611 g/mol. The van der Waals surface area contributed by atoms with E-state index in [4.69, 9.17) is 15.9 Å². The molecule has 0 atom stereocenters. The number of amidine groups is 1. The molecule has 1 aliphatic heterocycles. The molecule has 0 saturated carbocycles. The molecule has 1 aliphatic rings. The molecule has 2 heterocycles. The van der Waals surface area contributed by atoms with Crippen molar-refractivity contribution >= 4 is 34.3 Å². The maximum Gasteiger partial charge on any atom is 0.427 e. The predicted octanol–water partition coefficient (Wildman–Crippen LogP) is 4.69. The Kier molecular flexibility index (Phi) is 8.40. The lowest BCUT2D eigenvalue weighted by molar-refractivity contribution is -0.384. The second-order valence-corrected chi connectivity index (χ2v) is 10.3. The first-order valence-electron chi connectivity index (χ1n) is 13.6. The van der Waals surface area contributed by atoms with Gasteiger partial charge in [0.2, 0.25) is 0 Å². The number of nitrogens with two attached hydrogens (primary N) is 1. The van der Waals surface area contributed by atoms with Crippen molar-refractivity contribution in [1.82, 2.24) is 20.4 Å². The predicted molar refractivity (Wildman–Crippen MR) is 157 cm³/mol. The highest BCUT2D eigenvalue weighted by atomic mass is 19.4. The average Bonchev–Trinajstić information content (AvgIpc) is 3.36. The van der Waals surface area contributed by atoms with Crippen molar-refractivity contribution in [2.75, 3.05) is 31.1 Å². The SMILES string of the molecule is Cc1nc2c(CCc3ccc(C(=N)N)cc3)c(OC(=O)NN3CCN(c4ccc(C(F)(F)F)cc4[N+](=O)[O-])CC3)ccc2[nH]1. The van der Waals surface area contributed by atoms with Crippen LogP contribution in [0.25, 0.3) is 11.0 Å². The summed E-state index contributed by atoms with van der Waals surface area (Å²) in [5.74, 6) is 1.03. The Labute approximate surface area is 249 Å². The summed E-state index contributed by atoms with van der Waals surface area (Å²) in [5, 5.41) is 20.7. The van der Waals surface area contributed by atoms with Gasteiger partial charge in [-0.3, -0.25) is 20.9 Å². The summed E-state index contributed by atoms with van der Waals surface area (Å²) in [5.41, 5.74) is 10.4. The van der Waals surface area contributed by atoms with Gasteiger partial charge in [-0.2, -0.15) is 13.2 Å². The number of hydrogen-bond donors (Lipinski definition) is 4. The van der Waals surface area contributed by atoms with E-state index in [0.29, 0.717) is 41.6 Å². The molecule has 0 bridgehead atoms. The number of piperazine rings is 1. The van der Waals surface area contributed by atoms with Crippen molar-refractivity contribution in [1.29, 1.82) is 5.41 Å². The third-order valence-corrected chi connectivity index (χ3v) is 7.34. The minimum absolute atomic E-state index is 0.0164. The molecular weight excluding hydrogens is 581 g/mol. The zero-order chi connectivity index (χ0) is 31.6. The Morgan fingerprint density at radius 3 is 2.45 bits per heavy atom. The molecule has 0 radical (unpaired) electrons. The number of H-pyrrole nitrogens is 1. The summed E-state index contributed by atoms with van der Waals surface area (Å²) in [6.07, 6.45) is -4.32. The first-order valence-corrected chi connectivity index (χ1v) is 13.6. The van der Waals surface area contributed by atoms with E-state index in [2.05, 4.69) is 15.4 Å². The van der Waals surface area contributed by atoms with Crippen molar-refractivity contribution in [3.05, 3.63) is 92.8 Å². The Balaban J connectivity index is 1.24. The molecular formula is C29H29F3N8O4. The molecule has 15 heteroatoms. The summed E-state index contributed by atoms with van der Waals surface area (Å²) < 4.78 is 45.0. The van der Waals surface area contributed by atoms with Gasteiger partial charge >= 0.3 is 12.3 Å². The number of fused-ring (bicyclic) bond motifs is 1. The number of carbonyl (C=O) groups excluding carboxylic acids is 1. The first kappa shape index (κ1) is 30.3. The van der Waals surface area contributed by atoms with Crippen LogP contribution < -0.4 is 20.8 Å². The van der Waals surface area contributed by atoms with Gasteiger partial charge in [0.25, 0.3) is 5.69 Å². The lowest BCUT2D eigenvalue weighted by Crippen LogP contribution is -2.54. The maximum absolute atomic E-state index is 13.1. The van der Waals surface area contributed by atoms with E-state index in [1.807, 2.05) is 19.1 Å². The minimum Gasteiger partial charge on any atom is -0.409 e. The third-order valence-electron chi connectivity index (χ3n) is 7.34. The molecule has 0 unspecified atom stereocenters. The quantitative estimate of drug-likeness (QED) is 0.0965. The summed E-state index contributed by atoms with van der Waals surface area (Å²) in [6, 6.07) is 13.2. The first-order chi connectivity index (χ1) is 20.9. The number of hydrazine groups is 1. The number of carbonyl (C=O) groups is 1. The van der Waals surface area contributed by atoms with Crippen molar-refractivity contribution in [2.45, 2.75) is 25.9 Å². The van der Waals surface area contributed by atoms with E-state index in [1.54, 1.807) is 34.2 Å². The second kappa shape index (κ2) is 12.2. The largest absolute Gasteiger partial charge is 0.427 e. The zero-order valence-corrected chi connectivity index (χ0v) is 23.6. The van der Waals surface area contributed by atoms with E-state index in [1.165, 1.54) is 0 Å². The fourth-order valence-electron chi connectivity index (χ4n) is 5.12. The fraction of sp³-hybridized carbons (Fsp3) is 0.276. The number of nitrogens with one attached hydrogen (secondary N) is 3. The summed E-state index contributed by atoms with van der Waals surface area (Å²) in [7, 11) is 0. The summed E-state index contributed by atoms with van der Waals surface area (Å²) >= 11 is 0. The van der Waals surface area contributed by atoms with Gasteiger partial charge in [-0.25, -0.2) is 14.8 Å². The molecule has 1 aromatic heterocycles. The van der Waals surface area contributed by atoms with Crippen molar-refractivity contribution in [3.8, 4) is 5.75 Å². The Morgan fingerprint density at radius 2 is 1.82 bits per heavy atom. The summed E-state index contributed by atoms with van der Waals surface area (Å²) in [6.45, 7) is 2.76. The van der Waals surface area contributed by atoms with Crippen molar-refractivity contribution in [2.24, 2.45) is 5.73 Å². The molecule has 4 aromatic rings. The van der Waals surface area contributed by atoms with E-state index in [0.717, 1.165) is 28.8 Å². The Bertz CT molecular complexity index is 1710. The number of benzene rings is 3. The van der Waals surface area contributed by atoms with Crippen LogP contribution in [0.5, 0.6) is 5.75 Å². The smallest absolute Gasteiger partial charge is 0.409 e. The van der Waals surface area contributed by atoms with Gasteiger partial charge in [0.1, 0.15) is 23.1 Å². The number of amides is 1. The standard InChI is InChI=1S/C29H29F3N8O4/c1-17-35-22-9-11-25(21(26(22)36-17)8-4-18-2-5-19(6-3-18)27(33)34)44-28(41)37-39-14-12-38(13-15-39)23-10-7-20(29(30,31)32)16-24(23)40(42)43/h2-3,5-7,9-11,16H,4,8,12-15H2,1H3,(H3,33,34)(H,35,36)(H,37,41). The number of nitrogen functional groups attached to an aromatic ring is 1. The van der Waals surface area contributed by atoms with E-state index in [-0.39, 0.29) is 37.7 Å². The number of nitro benzene ring substituents is 1. The highest BCUT2D eigenvalue weighted by Crippen LogP contribution is 2.37. The molecule has 5 N–H and O–H groups in total. The number of anilines is 1. The number of halogens is 3. The molecule has 1 fully saturated rings. The van der Waals surface area contributed by atoms with Crippen LogP contribution in [0.4, 0.5) is 29.3 Å². The van der Waals surface area contributed by atoms with Crippen molar-refractivity contribution in [3.63, 3.8) is 0 Å². The minimum atomic E-state index is -4.70. The van der Waals surface area contributed by atoms with Crippen LogP contribution in [0.15, 0.2) is 54.6 Å². The fourth-order valence-corrected chi connectivity index (χ4v) is 5.12. The van der Waals surface area contributed by atoms with Crippen LogP contribution in [-0.4, -0.2) is 58.0 Å². The van der Waals surface area contributed by atoms with Crippen LogP contribution in [0, 0.1) is 22.4 Å². The number of imidazole rings is 1. The van der Waals surface area contributed by atoms with Gasteiger partial charge in [-0.1, -0.05) is 24.3 Å². The number of aryl methyl sites for hydroxylation is 3. The normalized spacial score (nSPS) is 14.0. The number of alkyl halides is 3. The number of nitrogens with zero attached hydrogens (tertiary/aromatic N) is 4. The van der Waals surface area contributed by atoms with Crippen molar-refractivity contribution < 1.29 is 27.6 Å². The van der Waals surface area contributed by atoms with Crippen LogP contribution in [0.3, 0.4) is 0 Å². The number of aromatic nitrogens is 2. The van der Waals surface area contributed by atoms with Gasteiger partial charge < -0.3 is 20.4 Å². The van der Waals surface area contributed by atoms with E-state index in [9.17, 15) is 28.1 Å². The molecule has 5 rings (SSSR count). The summed E-state index contributed by atoms with van der Waals surface area (Å²) in [4.78, 5) is 33.0. The maximum atomic E-state index is 13.1. The molecule has 1 saturated heterocycles. The van der Waals surface area contributed by atoms with Gasteiger partial charge in [0, 0.05) is 43.4 Å². The lowest BCUT2D eigenvalue weighted by atomic mass is 10.0. The number of hydrogen-bond acceptors (Lipinski definition) is 8.